The molecule has 0 atom stereocenters. The average Bonchev–Trinajstić information content (AvgIpc) is 2.53. The van der Waals surface area contributed by atoms with Crippen LogP contribution in [0.15, 0.2) is 29.8 Å². The van der Waals surface area contributed by atoms with Gasteiger partial charge in [-0.3, -0.25) is 4.79 Å². The maximum atomic E-state index is 10.6. The molecular weight excluding hydrogens is 372 g/mol. The summed E-state index contributed by atoms with van der Waals surface area (Å²) in [6.45, 7) is 0. The van der Waals surface area contributed by atoms with Gasteiger partial charge in [-0.25, -0.2) is 24.0 Å². The lowest BCUT2D eigenvalue weighted by Crippen LogP contribution is -2.08. The van der Waals surface area contributed by atoms with Crippen molar-refractivity contribution in [1.82, 2.24) is 0 Å². The second-order valence-electron chi connectivity index (χ2n) is 4.60. The second kappa shape index (κ2) is 9.93. The zero-order chi connectivity index (χ0) is 21.3. The highest BCUT2D eigenvalue weighted by Crippen LogP contribution is 2.11. The standard InChI is InChI=1S/C9H6O6.C6H6O6/c10-7(11)4-1-5(8(12)13)3-6(2-4)9(14)15;7-4(8)1-3(6(11)12)2-5(9)10/h1-3H,(H,10,11)(H,12,13)(H,14,15);1H,2H2,(H,7,8)(H,9,10)(H,11,12). The van der Waals surface area contributed by atoms with Crippen LogP contribution >= 0.6 is 0 Å². The SMILES string of the molecule is O=C(O)C=C(CC(=O)O)C(=O)O.O=C(O)c1cc(C(=O)O)cc(C(=O)O)c1. The quantitative estimate of drug-likeness (QED) is 0.350. The predicted molar refractivity (Wildman–Crippen MR) is 82.9 cm³/mol. The van der Waals surface area contributed by atoms with Gasteiger partial charge in [0.05, 0.1) is 28.7 Å². The maximum Gasteiger partial charge on any atom is 0.335 e. The number of benzene rings is 1. The molecule has 0 spiro atoms. The van der Waals surface area contributed by atoms with Crippen LogP contribution in [0, 0.1) is 0 Å². The molecule has 0 saturated heterocycles. The van der Waals surface area contributed by atoms with Gasteiger partial charge in [0.1, 0.15) is 0 Å². The van der Waals surface area contributed by atoms with Crippen molar-refractivity contribution in [1.29, 1.82) is 0 Å². The minimum atomic E-state index is -1.54. The van der Waals surface area contributed by atoms with E-state index in [0.717, 1.165) is 18.2 Å². The molecule has 12 heteroatoms. The Balaban J connectivity index is 0.000000516. The number of carbonyl (C=O) groups is 6. The number of carboxylic acid groups (broad SMARTS) is 6. The summed E-state index contributed by atoms with van der Waals surface area (Å²) < 4.78 is 0. The summed E-state index contributed by atoms with van der Waals surface area (Å²) in [4.78, 5) is 61.8. The van der Waals surface area contributed by atoms with E-state index in [1.54, 1.807) is 0 Å². The lowest BCUT2D eigenvalue weighted by molar-refractivity contribution is -0.140. The summed E-state index contributed by atoms with van der Waals surface area (Å²) in [6.07, 6.45) is -0.446. The van der Waals surface area contributed by atoms with Crippen LogP contribution in [-0.4, -0.2) is 66.5 Å². The Morgan fingerprint density at radius 2 is 1.00 bits per heavy atom. The maximum absolute atomic E-state index is 10.6. The third-order valence-corrected chi connectivity index (χ3v) is 2.59. The first kappa shape index (κ1) is 22.8. The van der Waals surface area contributed by atoms with Gasteiger partial charge in [-0.05, 0) is 18.2 Å². The van der Waals surface area contributed by atoms with E-state index in [1.165, 1.54) is 0 Å². The zero-order valence-electron chi connectivity index (χ0n) is 13.1. The predicted octanol–water partition coefficient (Wildman–Crippen LogP) is 0.338. The van der Waals surface area contributed by atoms with Crippen LogP contribution in [0.3, 0.4) is 0 Å². The summed E-state index contributed by atoms with van der Waals surface area (Å²) >= 11 is 0. The van der Waals surface area contributed by atoms with Crippen LogP contribution in [-0.2, 0) is 14.4 Å². The van der Waals surface area contributed by atoms with Crippen LogP contribution in [0.4, 0.5) is 0 Å². The highest BCUT2D eigenvalue weighted by atomic mass is 16.4. The van der Waals surface area contributed by atoms with Crippen molar-refractivity contribution >= 4 is 35.8 Å². The molecule has 1 aromatic rings. The molecule has 0 heterocycles. The molecule has 1 rings (SSSR count). The molecule has 0 aromatic heterocycles. The molecule has 0 bridgehead atoms. The van der Waals surface area contributed by atoms with E-state index in [2.05, 4.69) is 0 Å². The number of carboxylic acids is 6. The fraction of sp³-hybridized carbons (Fsp3) is 0.0667. The average molecular weight is 384 g/mol. The lowest BCUT2D eigenvalue weighted by Gasteiger charge is -2.00. The Morgan fingerprint density at radius 3 is 1.19 bits per heavy atom. The minimum absolute atomic E-state index is 0.358. The Labute approximate surface area is 149 Å². The Bertz CT molecular complexity index is 754. The molecule has 6 N–H and O–H groups in total. The van der Waals surface area contributed by atoms with Gasteiger partial charge < -0.3 is 30.6 Å². The van der Waals surface area contributed by atoms with Crippen LogP contribution in [0.2, 0.25) is 0 Å². The summed E-state index contributed by atoms with van der Waals surface area (Å²) in [7, 11) is 0. The molecule has 0 saturated carbocycles. The smallest absolute Gasteiger partial charge is 0.335 e. The Morgan fingerprint density at radius 1 is 0.667 bits per heavy atom. The van der Waals surface area contributed by atoms with E-state index in [-0.39, 0.29) is 16.7 Å². The molecule has 12 nitrogen and oxygen atoms in total. The van der Waals surface area contributed by atoms with Gasteiger partial charge in [0.2, 0.25) is 0 Å². The van der Waals surface area contributed by atoms with Crippen molar-refractivity contribution < 1.29 is 59.4 Å². The topological polar surface area (TPSA) is 224 Å². The van der Waals surface area contributed by atoms with E-state index >= 15 is 0 Å². The van der Waals surface area contributed by atoms with Crippen molar-refractivity contribution in [3.8, 4) is 0 Å². The van der Waals surface area contributed by atoms with Gasteiger partial charge in [-0.2, -0.15) is 0 Å². The van der Waals surface area contributed by atoms with Gasteiger partial charge in [0, 0.05) is 6.08 Å². The van der Waals surface area contributed by atoms with E-state index in [1.807, 2.05) is 0 Å². The summed E-state index contributed by atoms with van der Waals surface area (Å²) in [6, 6.07) is 2.70. The molecule has 1 aromatic carbocycles. The van der Waals surface area contributed by atoms with Gasteiger partial charge in [0.25, 0.3) is 0 Å². The molecule has 0 aliphatic rings. The van der Waals surface area contributed by atoms with Crippen LogP contribution in [0.25, 0.3) is 0 Å². The lowest BCUT2D eigenvalue weighted by atomic mass is 10.1. The third kappa shape index (κ3) is 8.44. The molecule has 0 aliphatic carbocycles. The first-order valence-corrected chi connectivity index (χ1v) is 6.58. The molecule has 144 valence electrons. The van der Waals surface area contributed by atoms with Gasteiger partial charge in [0.15, 0.2) is 0 Å². The molecule has 0 amide bonds. The van der Waals surface area contributed by atoms with Crippen molar-refractivity contribution in [2.75, 3.05) is 0 Å². The van der Waals surface area contributed by atoms with Gasteiger partial charge in [-0.1, -0.05) is 0 Å². The molecule has 0 aliphatic heterocycles. The fourth-order valence-electron chi connectivity index (χ4n) is 1.50. The highest BCUT2D eigenvalue weighted by Gasteiger charge is 2.14. The van der Waals surface area contributed by atoms with Crippen molar-refractivity contribution in [3.05, 3.63) is 46.5 Å². The first-order valence-electron chi connectivity index (χ1n) is 6.58. The number of aromatic carboxylic acids is 3. The molecular formula is C15H12O12. The van der Waals surface area contributed by atoms with Gasteiger partial charge >= 0.3 is 35.8 Å². The molecule has 0 fully saturated rings. The number of aliphatic carboxylic acids is 3. The zero-order valence-corrected chi connectivity index (χ0v) is 13.1. The van der Waals surface area contributed by atoms with Crippen LogP contribution < -0.4 is 0 Å². The molecule has 0 unspecified atom stereocenters. The third-order valence-electron chi connectivity index (χ3n) is 2.59. The van der Waals surface area contributed by atoms with E-state index in [9.17, 15) is 28.8 Å². The van der Waals surface area contributed by atoms with Crippen molar-refractivity contribution in [2.45, 2.75) is 6.42 Å². The normalized spacial score (nSPS) is 10.1. The minimum Gasteiger partial charge on any atom is -0.481 e. The van der Waals surface area contributed by atoms with Crippen LogP contribution in [0.5, 0.6) is 0 Å². The Kier molecular flexibility index (Phi) is 8.38. The van der Waals surface area contributed by atoms with E-state index < -0.39 is 47.8 Å². The number of hydrogen-bond acceptors (Lipinski definition) is 6. The highest BCUT2D eigenvalue weighted by molar-refractivity contribution is 5.99. The largest absolute Gasteiger partial charge is 0.481 e. The molecule has 27 heavy (non-hydrogen) atoms. The Hall–Kier alpha value is -4.22. The fourth-order valence-corrected chi connectivity index (χ4v) is 1.50. The summed E-state index contributed by atoms with van der Waals surface area (Å²) in [5.41, 5.74) is -1.76. The van der Waals surface area contributed by atoms with Crippen molar-refractivity contribution in [2.24, 2.45) is 0 Å². The monoisotopic (exact) mass is 384 g/mol. The van der Waals surface area contributed by atoms with Gasteiger partial charge in [-0.15, -0.1) is 0 Å². The number of rotatable bonds is 7. The summed E-state index contributed by atoms with van der Waals surface area (Å²) in [5.74, 6) is -8.53. The number of hydrogen-bond donors (Lipinski definition) is 6. The first-order chi connectivity index (χ1) is 12.3. The summed E-state index contributed by atoms with van der Waals surface area (Å²) in [5, 5.41) is 50.4. The van der Waals surface area contributed by atoms with Crippen molar-refractivity contribution in [3.63, 3.8) is 0 Å². The van der Waals surface area contributed by atoms with Crippen LogP contribution in [0.1, 0.15) is 37.5 Å². The second-order valence-corrected chi connectivity index (χ2v) is 4.60. The molecule has 0 radical (unpaired) electrons. The van der Waals surface area contributed by atoms with E-state index in [0.29, 0.717) is 6.08 Å². The van der Waals surface area contributed by atoms with E-state index in [4.69, 9.17) is 30.6 Å².